The van der Waals surface area contributed by atoms with E-state index in [1.165, 1.54) is 0 Å². The number of nitrogens with zero attached hydrogens (tertiary/aromatic N) is 1. The van der Waals surface area contributed by atoms with Gasteiger partial charge >= 0.3 is 5.97 Å². The van der Waals surface area contributed by atoms with Crippen molar-refractivity contribution < 1.29 is 9.90 Å². The van der Waals surface area contributed by atoms with Gasteiger partial charge in [0.1, 0.15) is 6.04 Å². The van der Waals surface area contributed by atoms with Crippen molar-refractivity contribution in [3.05, 3.63) is 12.7 Å². The summed E-state index contributed by atoms with van der Waals surface area (Å²) in [5, 5.41) is 8.85. The number of carboxylic acids is 1. The van der Waals surface area contributed by atoms with Gasteiger partial charge in [-0.05, 0) is 0 Å². The summed E-state index contributed by atoms with van der Waals surface area (Å²) in [7, 11) is 0. The number of carbonyl (C=O) groups is 1. The molecule has 1 N–H and O–H groups in total. The van der Waals surface area contributed by atoms with Crippen LogP contribution in [-0.4, -0.2) is 46.6 Å². The topological polar surface area (TPSA) is 40.5 Å². The van der Waals surface area contributed by atoms with Gasteiger partial charge in [0.2, 0.25) is 0 Å². The van der Waals surface area contributed by atoms with Crippen LogP contribution >= 0.6 is 11.8 Å². The highest BCUT2D eigenvalue weighted by Gasteiger charge is 2.27. The minimum atomic E-state index is -0.718. The van der Waals surface area contributed by atoms with Crippen LogP contribution in [0.1, 0.15) is 0 Å². The first-order valence-corrected chi connectivity index (χ1v) is 5.06. The maximum atomic E-state index is 10.8. The molecule has 1 aliphatic heterocycles. The van der Waals surface area contributed by atoms with E-state index in [0.29, 0.717) is 12.3 Å². The van der Waals surface area contributed by atoms with Gasteiger partial charge in [-0.15, -0.1) is 6.58 Å². The smallest absolute Gasteiger partial charge is 0.321 e. The standard InChI is InChI=1S/C8H13NO2S/c1-2-3-9-4-5-12-6-7(9)8(10)11/h2,7H,1,3-6H2,(H,10,11). The van der Waals surface area contributed by atoms with Gasteiger partial charge in [0.15, 0.2) is 0 Å². The van der Waals surface area contributed by atoms with Crippen molar-refractivity contribution in [1.29, 1.82) is 0 Å². The number of carboxylic acid groups (broad SMARTS) is 1. The molecule has 0 saturated carbocycles. The van der Waals surface area contributed by atoms with Crippen molar-refractivity contribution >= 4 is 17.7 Å². The van der Waals surface area contributed by atoms with Gasteiger partial charge in [-0.25, -0.2) is 0 Å². The third-order valence-corrected chi connectivity index (χ3v) is 2.91. The highest BCUT2D eigenvalue weighted by atomic mass is 32.2. The molecule has 68 valence electrons. The number of rotatable bonds is 3. The van der Waals surface area contributed by atoms with Crippen molar-refractivity contribution in [2.75, 3.05) is 24.6 Å². The third kappa shape index (κ3) is 2.25. The molecule has 0 aromatic carbocycles. The van der Waals surface area contributed by atoms with E-state index < -0.39 is 5.97 Å². The largest absolute Gasteiger partial charge is 0.480 e. The van der Waals surface area contributed by atoms with Crippen LogP contribution in [0.5, 0.6) is 0 Å². The molecule has 0 radical (unpaired) electrons. The quantitative estimate of drug-likeness (QED) is 0.659. The molecule has 0 aromatic rings. The summed E-state index contributed by atoms with van der Waals surface area (Å²) >= 11 is 1.70. The van der Waals surface area contributed by atoms with E-state index in [1.807, 2.05) is 4.90 Å². The lowest BCUT2D eigenvalue weighted by Gasteiger charge is -2.31. The molecule has 12 heavy (non-hydrogen) atoms. The Morgan fingerprint density at radius 3 is 3.17 bits per heavy atom. The number of hydrogen-bond donors (Lipinski definition) is 1. The first-order valence-electron chi connectivity index (χ1n) is 3.91. The molecule has 1 aliphatic rings. The zero-order valence-electron chi connectivity index (χ0n) is 6.90. The molecule has 1 unspecified atom stereocenters. The SMILES string of the molecule is C=CCN1CCSCC1C(=O)O. The molecule has 0 aliphatic carbocycles. The Labute approximate surface area is 76.4 Å². The Balaban J connectivity index is 2.53. The Kier molecular flexibility index (Phi) is 3.62. The van der Waals surface area contributed by atoms with Gasteiger partial charge in [-0.2, -0.15) is 11.8 Å². The van der Waals surface area contributed by atoms with Crippen LogP contribution in [0.15, 0.2) is 12.7 Å². The average Bonchev–Trinajstić information content (AvgIpc) is 2.05. The summed E-state index contributed by atoms with van der Waals surface area (Å²) in [5.41, 5.74) is 0. The lowest BCUT2D eigenvalue weighted by molar-refractivity contribution is -0.142. The molecule has 1 atom stereocenters. The number of aliphatic carboxylic acids is 1. The number of hydrogen-bond acceptors (Lipinski definition) is 3. The van der Waals surface area contributed by atoms with Gasteiger partial charge < -0.3 is 5.11 Å². The van der Waals surface area contributed by atoms with Crippen LogP contribution < -0.4 is 0 Å². The minimum absolute atomic E-state index is 0.318. The second-order valence-electron chi connectivity index (χ2n) is 2.71. The summed E-state index contributed by atoms with van der Waals surface area (Å²) in [5.74, 6) is 1.00. The van der Waals surface area contributed by atoms with E-state index in [9.17, 15) is 4.79 Å². The first-order chi connectivity index (χ1) is 5.75. The Bertz CT molecular complexity index is 184. The van der Waals surface area contributed by atoms with Crippen molar-refractivity contribution in [2.45, 2.75) is 6.04 Å². The molecule has 1 rings (SSSR count). The zero-order valence-corrected chi connectivity index (χ0v) is 7.72. The molecule has 0 spiro atoms. The molecule has 1 saturated heterocycles. The van der Waals surface area contributed by atoms with Gasteiger partial charge in [-0.1, -0.05) is 6.08 Å². The van der Waals surface area contributed by atoms with Crippen molar-refractivity contribution in [3.63, 3.8) is 0 Å². The second-order valence-corrected chi connectivity index (χ2v) is 3.86. The predicted octanol–water partition coefficient (Wildman–Crippen LogP) is 0.674. The summed E-state index contributed by atoms with van der Waals surface area (Å²) in [4.78, 5) is 12.7. The maximum absolute atomic E-state index is 10.8. The normalized spacial score (nSPS) is 25.2. The monoisotopic (exact) mass is 187 g/mol. The molecule has 0 bridgehead atoms. The summed E-state index contributed by atoms with van der Waals surface area (Å²) < 4.78 is 0. The van der Waals surface area contributed by atoms with Gasteiger partial charge in [0.05, 0.1) is 0 Å². The lowest BCUT2D eigenvalue weighted by Crippen LogP contribution is -2.47. The molecule has 1 fully saturated rings. The van der Waals surface area contributed by atoms with Gasteiger partial charge in [0.25, 0.3) is 0 Å². The van der Waals surface area contributed by atoms with E-state index in [0.717, 1.165) is 12.3 Å². The lowest BCUT2D eigenvalue weighted by atomic mass is 10.2. The molecular weight excluding hydrogens is 174 g/mol. The molecule has 1 heterocycles. The Hall–Kier alpha value is -0.480. The molecule has 4 heteroatoms. The second kappa shape index (κ2) is 4.52. The zero-order chi connectivity index (χ0) is 8.97. The molecule has 3 nitrogen and oxygen atoms in total. The van der Waals surface area contributed by atoms with E-state index in [-0.39, 0.29) is 6.04 Å². The highest BCUT2D eigenvalue weighted by molar-refractivity contribution is 7.99. The van der Waals surface area contributed by atoms with Crippen molar-refractivity contribution in [1.82, 2.24) is 4.90 Å². The Morgan fingerprint density at radius 1 is 1.83 bits per heavy atom. The fourth-order valence-electron chi connectivity index (χ4n) is 1.25. The van der Waals surface area contributed by atoms with E-state index in [4.69, 9.17) is 5.11 Å². The van der Waals surface area contributed by atoms with Crippen LogP contribution in [-0.2, 0) is 4.79 Å². The Morgan fingerprint density at radius 2 is 2.58 bits per heavy atom. The molecule has 0 amide bonds. The van der Waals surface area contributed by atoms with Crippen LogP contribution in [0, 0.1) is 0 Å². The predicted molar refractivity (Wildman–Crippen MR) is 50.5 cm³/mol. The third-order valence-electron chi connectivity index (χ3n) is 1.89. The van der Waals surface area contributed by atoms with Crippen LogP contribution in [0.25, 0.3) is 0 Å². The van der Waals surface area contributed by atoms with E-state index in [1.54, 1.807) is 17.8 Å². The van der Waals surface area contributed by atoms with E-state index >= 15 is 0 Å². The fourth-order valence-corrected chi connectivity index (χ4v) is 2.36. The van der Waals surface area contributed by atoms with Crippen LogP contribution in [0.4, 0.5) is 0 Å². The summed E-state index contributed by atoms with van der Waals surface area (Å²) in [6.45, 7) is 5.14. The average molecular weight is 187 g/mol. The number of thioether (sulfide) groups is 1. The molecule has 0 aromatic heterocycles. The van der Waals surface area contributed by atoms with Crippen LogP contribution in [0.3, 0.4) is 0 Å². The van der Waals surface area contributed by atoms with Gasteiger partial charge in [-0.3, -0.25) is 9.69 Å². The van der Waals surface area contributed by atoms with E-state index in [2.05, 4.69) is 6.58 Å². The van der Waals surface area contributed by atoms with Crippen molar-refractivity contribution in [2.24, 2.45) is 0 Å². The van der Waals surface area contributed by atoms with Crippen LogP contribution in [0.2, 0.25) is 0 Å². The highest BCUT2D eigenvalue weighted by Crippen LogP contribution is 2.16. The summed E-state index contributed by atoms with van der Waals surface area (Å²) in [6, 6.07) is -0.318. The van der Waals surface area contributed by atoms with Gasteiger partial charge in [0, 0.05) is 24.6 Å². The minimum Gasteiger partial charge on any atom is -0.480 e. The fraction of sp³-hybridized carbons (Fsp3) is 0.625. The van der Waals surface area contributed by atoms with Crippen molar-refractivity contribution in [3.8, 4) is 0 Å². The first kappa shape index (κ1) is 9.61. The molecular formula is C8H13NO2S. The maximum Gasteiger partial charge on any atom is 0.321 e. The summed E-state index contributed by atoms with van der Waals surface area (Å²) in [6.07, 6.45) is 1.76.